The lowest BCUT2D eigenvalue weighted by Gasteiger charge is -2.39. The average molecular weight is 464 g/mol. The molecule has 0 aromatic heterocycles. The van der Waals surface area contributed by atoms with E-state index in [1.807, 2.05) is 56.3 Å². The largest absolute Gasteiger partial charge is 0.497 e. The van der Waals surface area contributed by atoms with E-state index in [0.29, 0.717) is 13.2 Å². The first-order valence-corrected chi connectivity index (χ1v) is 12.6. The van der Waals surface area contributed by atoms with Crippen molar-refractivity contribution in [2.45, 2.75) is 65.0 Å². The van der Waals surface area contributed by atoms with Crippen molar-refractivity contribution in [1.82, 2.24) is 4.90 Å². The number of hydrogen-bond acceptors (Lipinski definition) is 4. The highest BCUT2D eigenvalue weighted by Gasteiger charge is 2.61. The molecule has 2 aromatic carbocycles. The maximum Gasteiger partial charge on any atom is 0.309 e. The Morgan fingerprint density at radius 1 is 1.03 bits per heavy atom. The maximum atomic E-state index is 14.3. The number of rotatable bonds is 8. The van der Waals surface area contributed by atoms with Crippen LogP contribution in [0, 0.1) is 17.3 Å². The van der Waals surface area contributed by atoms with Crippen molar-refractivity contribution in [1.29, 1.82) is 0 Å². The minimum atomic E-state index is -0.490. The van der Waals surface area contributed by atoms with Crippen molar-refractivity contribution in [2.75, 3.05) is 13.7 Å². The van der Waals surface area contributed by atoms with E-state index in [9.17, 15) is 9.59 Å². The summed E-state index contributed by atoms with van der Waals surface area (Å²) >= 11 is 0. The first-order valence-electron chi connectivity index (χ1n) is 12.6. The Labute approximate surface area is 203 Å². The smallest absolute Gasteiger partial charge is 0.309 e. The second kappa shape index (κ2) is 10.6. The van der Waals surface area contributed by atoms with Crippen LogP contribution in [-0.2, 0) is 27.3 Å². The van der Waals surface area contributed by atoms with Crippen LogP contribution >= 0.6 is 0 Å². The zero-order valence-electron chi connectivity index (χ0n) is 20.7. The van der Waals surface area contributed by atoms with E-state index < -0.39 is 5.41 Å². The highest BCUT2D eigenvalue weighted by Crippen LogP contribution is 2.55. The minimum absolute atomic E-state index is 0.0606. The molecule has 5 heteroatoms. The van der Waals surface area contributed by atoms with Gasteiger partial charge >= 0.3 is 5.97 Å². The lowest BCUT2D eigenvalue weighted by Crippen LogP contribution is -2.43. The van der Waals surface area contributed by atoms with Gasteiger partial charge < -0.3 is 14.4 Å². The molecule has 5 nitrogen and oxygen atoms in total. The van der Waals surface area contributed by atoms with Crippen LogP contribution in [0.25, 0.3) is 0 Å². The molecule has 1 saturated heterocycles. The molecule has 4 rings (SSSR count). The first-order chi connectivity index (χ1) is 16.5. The van der Waals surface area contributed by atoms with Gasteiger partial charge in [-0.2, -0.15) is 0 Å². The normalized spacial score (nSPS) is 22.6. The monoisotopic (exact) mass is 463 g/mol. The van der Waals surface area contributed by atoms with Gasteiger partial charge in [0.05, 0.1) is 25.0 Å². The van der Waals surface area contributed by atoms with Crippen molar-refractivity contribution >= 4 is 11.9 Å². The molecule has 1 spiro atoms. The standard InChI is InChI=1S/C29H37NO4/c1-4-34-27(31)21(2)26-25(19-22-11-7-5-8-12-22)30(20-23-13-15-24(33-3)16-14-23)28(32)29(26)17-9-6-10-18-29/h5,7-8,11-16,21,25-26H,4,6,9-10,17-20H2,1-3H3/t21-,25-,26-/m0/s1. The summed E-state index contributed by atoms with van der Waals surface area (Å²) in [5.41, 5.74) is 1.77. The molecule has 3 atom stereocenters. The summed E-state index contributed by atoms with van der Waals surface area (Å²) in [7, 11) is 1.66. The van der Waals surface area contributed by atoms with Gasteiger partial charge in [0, 0.05) is 18.5 Å². The number of methoxy groups -OCH3 is 1. The molecule has 1 amide bonds. The second-order valence-corrected chi connectivity index (χ2v) is 9.82. The van der Waals surface area contributed by atoms with Crippen molar-refractivity contribution in [3.05, 3.63) is 65.7 Å². The van der Waals surface area contributed by atoms with E-state index in [4.69, 9.17) is 9.47 Å². The summed E-state index contributed by atoms with van der Waals surface area (Å²) < 4.78 is 10.8. The van der Waals surface area contributed by atoms with Gasteiger partial charge in [-0.05, 0) is 49.4 Å². The van der Waals surface area contributed by atoms with Crippen molar-refractivity contribution in [3.63, 3.8) is 0 Å². The number of nitrogens with zero attached hydrogens (tertiary/aromatic N) is 1. The fourth-order valence-electron chi connectivity index (χ4n) is 6.31. The lowest BCUT2D eigenvalue weighted by atomic mass is 9.61. The summed E-state index contributed by atoms with van der Waals surface area (Å²) in [5, 5.41) is 0. The van der Waals surface area contributed by atoms with Gasteiger partial charge in [-0.15, -0.1) is 0 Å². The third kappa shape index (κ3) is 4.70. The Balaban J connectivity index is 1.75. The molecule has 0 unspecified atom stereocenters. The average Bonchev–Trinajstić information content (AvgIpc) is 3.07. The summed E-state index contributed by atoms with van der Waals surface area (Å²) in [4.78, 5) is 29.4. The molecule has 1 aliphatic heterocycles. The number of amides is 1. The van der Waals surface area contributed by atoms with Crippen LogP contribution in [0.1, 0.15) is 57.1 Å². The Morgan fingerprint density at radius 2 is 1.71 bits per heavy atom. The molecule has 1 saturated carbocycles. The Bertz CT molecular complexity index is 965. The van der Waals surface area contributed by atoms with E-state index in [1.54, 1.807) is 7.11 Å². The third-order valence-electron chi connectivity index (χ3n) is 7.88. The van der Waals surface area contributed by atoms with E-state index in [2.05, 4.69) is 17.0 Å². The van der Waals surface area contributed by atoms with Crippen LogP contribution < -0.4 is 4.74 Å². The molecule has 182 valence electrons. The van der Waals surface area contributed by atoms with E-state index in [0.717, 1.165) is 49.8 Å². The van der Waals surface area contributed by atoms with Gasteiger partial charge in [0.25, 0.3) is 0 Å². The number of likely N-dealkylation sites (tertiary alicyclic amines) is 1. The fraction of sp³-hybridized carbons (Fsp3) is 0.517. The second-order valence-electron chi connectivity index (χ2n) is 9.82. The SMILES string of the molecule is CCOC(=O)[C@@H](C)[C@H]1[C@H](Cc2ccccc2)N(Cc2ccc(OC)cc2)C(=O)C12CCCCC2. The van der Waals surface area contributed by atoms with Gasteiger partial charge in [0.2, 0.25) is 5.91 Å². The number of carbonyl (C=O) groups excluding carboxylic acids is 2. The first kappa shape index (κ1) is 24.3. The van der Waals surface area contributed by atoms with E-state index in [-0.39, 0.29) is 29.8 Å². The topological polar surface area (TPSA) is 55.8 Å². The predicted octanol–water partition coefficient (Wildman–Crippen LogP) is 5.41. The minimum Gasteiger partial charge on any atom is -0.497 e. The van der Waals surface area contributed by atoms with Crippen LogP contribution in [0.5, 0.6) is 5.75 Å². The van der Waals surface area contributed by atoms with Crippen LogP contribution in [0.2, 0.25) is 0 Å². The van der Waals surface area contributed by atoms with Crippen molar-refractivity contribution < 1.29 is 19.1 Å². The van der Waals surface area contributed by atoms with Crippen LogP contribution in [0.4, 0.5) is 0 Å². The van der Waals surface area contributed by atoms with Crippen molar-refractivity contribution in [3.8, 4) is 5.75 Å². The van der Waals surface area contributed by atoms with Crippen molar-refractivity contribution in [2.24, 2.45) is 17.3 Å². The van der Waals surface area contributed by atoms with Crippen LogP contribution in [-0.4, -0.2) is 36.5 Å². The molecule has 2 aliphatic rings. The third-order valence-corrected chi connectivity index (χ3v) is 7.88. The predicted molar refractivity (Wildman–Crippen MR) is 132 cm³/mol. The highest BCUT2D eigenvalue weighted by atomic mass is 16.5. The van der Waals surface area contributed by atoms with Gasteiger partial charge in [-0.3, -0.25) is 9.59 Å². The summed E-state index contributed by atoms with van der Waals surface area (Å²) in [6, 6.07) is 18.2. The summed E-state index contributed by atoms with van der Waals surface area (Å²) in [5.74, 6) is 0.420. The Hall–Kier alpha value is -2.82. The van der Waals surface area contributed by atoms with Crippen LogP contribution in [0.15, 0.2) is 54.6 Å². The van der Waals surface area contributed by atoms with Gasteiger partial charge in [0.15, 0.2) is 0 Å². The van der Waals surface area contributed by atoms with E-state index in [1.165, 1.54) is 5.56 Å². The molecule has 0 N–H and O–H groups in total. The molecule has 1 aliphatic carbocycles. The zero-order chi connectivity index (χ0) is 24.1. The number of benzene rings is 2. The molecular formula is C29H37NO4. The molecule has 0 bridgehead atoms. The molecular weight excluding hydrogens is 426 g/mol. The Kier molecular flexibility index (Phi) is 7.60. The Morgan fingerprint density at radius 3 is 2.32 bits per heavy atom. The molecule has 2 fully saturated rings. The molecule has 34 heavy (non-hydrogen) atoms. The van der Waals surface area contributed by atoms with Gasteiger partial charge in [-0.25, -0.2) is 0 Å². The summed E-state index contributed by atoms with van der Waals surface area (Å²) in [6.45, 7) is 4.71. The maximum absolute atomic E-state index is 14.3. The van der Waals surface area contributed by atoms with Crippen LogP contribution in [0.3, 0.4) is 0 Å². The quantitative estimate of drug-likeness (QED) is 0.491. The number of esters is 1. The zero-order valence-corrected chi connectivity index (χ0v) is 20.7. The summed E-state index contributed by atoms with van der Waals surface area (Å²) in [6.07, 6.45) is 5.66. The number of ether oxygens (including phenoxy) is 2. The lowest BCUT2D eigenvalue weighted by molar-refractivity contribution is -0.152. The van der Waals surface area contributed by atoms with Gasteiger partial charge in [-0.1, -0.05) is 68.7 Å². The van der Waals surface area contributed by atoms with Gasteiger partial charge in [0.1, 0.15) is 5.75 Å². The molecule has 1 heterocycles. The molecule has 0 radical (unpaired) electrons. The number of hydrogen-bond donors (Lipinski definition) is 0. The molecule has 2 aromatic rings. The fourth-order valence-corrected chi connectivity index (χ4v) is 6.31. The highest BCUT2D eigenvalue weighted by molar-refractivity contribution is 5.88. The number of carbonyl (C=O) groups is 2. The van der Waals surface area contributed by atoms with E-state index >= 15 is 0 Å².